The lowest BCUT2D eigenvalue weighted by atomic mass is 9.97. The summed E-state index contributed by atoms with van der Waals surface area (Å²) in [4.78, 5) is 13.7. The van der Waals surface area contributed by atoms with Crippen LogP contribution < -0.4 is 0 Å². The Kier molecular flexibility index (Phi) is 5.27. The Bertz CT molecular complexity index is 704. The van der Waals surface area contributed by atoms with Crippen molar-refractivity contribution in [2.75, 3.05) is 20.7 Å². The van der Waals surface area contributed by atoms with Gasteiger partial charge in [0.25, 0.3) is 6.29 Å². The van der Waals surface area contributed by atoms with E-state index in [9.17, 15) is 31.1 Å². The molecule has 0 N–H and O–H groups in total. The molecule has 0 saturated carbocycles. The Balaban J connectivity index is 2.68. The van der Waals surface area contributed by atoms with Gasteiger partial charge in [-0.1, -0.05) is 0 Å². The minimum absolute atomic E-state index is 0.000294. The summed E-state index contributed by atoms with van der Waals surface area (Å²) < 4.78 is 88.6. The van der Waals surface area contributed by atoms with Crippen molar-refractivity contribution < 1.29 is 40.6 Å². The zero-order chi connectivity index (χ0) is 19.9. The predicted octanol–water partition coefficient (Wildman–Crippen LogP) is 3.92. The molecule has 0 radical (unpaired) electrons. The summed E-state index contributed by atoms with van der Waals surface area (Å²) in [6.45, 7) is 1.64. The molecule has 1 aromatic carbocycles. The average Bonchev–Trinajstić information content (AvgIpc) is 2.83. The SMILES string of the molecule is CCOC1OC(N(C)C)=C(c2cc(C(F)(F)F)cc(C(F)(F)F)c2)C1=O. The molecular formula is C16H15F6NO3. The van der Waals surface area contributed by atoms with Crippen molar-refractivity contribution >= 4 is 11.4 Å². The predicted molar refractivity (Wildman–Crippen MR) is 78.6 cm³/mol. The molecule has 1 aromatic rings. The van der Waals surface area contributed by atoms with Gasteiger partial charge in [-0.15, -0.1) is 0 Å². The van der Waals surface area contributed by atoms with Crippen molar-refractivity contribution in [3.8, 4) is 0 Å². The topological polar surface area (TPSA) is 38.8 Å². The van der Waals surface area contributed by atoms with Gasteiger partial charge in [-0.25, -0.2) is 0 Å². The van der Waals surface area contributed by atoms with Gasteiger partial charge in [0.1, 0.15) is 0 Å². The molecule has 0 spiro atoms. The average molecular weight is 383 g/mol. The van der Waals surface area contributed by atoms with Crippen LogP contribution in [0.15, 0.2) is 24.1 Å². The molecule has 2 rings (SSSR count). The number of hydrogen-bond acceptors (Lipinski definition) is 4. The second kappa shape index (κ2) is 6.82. The lowest BCUT2D eigenvalue weighted by molar-refractivity contribution is -0.150. The Hall–Kier alpha value is -2.23. The fourth-order valence-corrected chi connectivity index (χ4v) is 2.39. The number of nitrogens with zero attached hydrogens (tertiary/aromatic N) is 1. The maximum Gasteiger partial charge on any atom is 0.416 e. The maximum atomic E-state index is 13.0. The lowest BCUT2D eigenvalue weighted by Gasteiger charge is -2.17. The second-order valence-electron chi connectivity index (χ2n) is 5.64. The molecule has 10 heteroatoms. The van der Waals surface area contributed by atoms with Crippen molar-refractivity contribution in [2.45, 2.75) is 25.6 Å². The Morgan fingerprint density at radius 1 is 1.04 bits per heavy atom. The van der Waals surface area contributed by atoms with Crippen molar-refractivity contribution in [3.05, 3.63) is 40.8 Å². The van der Waals surface area contributed by atoms with Crippen molar-refractivity contribution in [1.29, 1.82) is 0 Å². The van der Waals surface area contributed by atoms with Crippen LogP contribution in [-0.2, 0) is 26.6 Å². The quantitative estimate of drug-likeness (QED) is 0.739. The number of halogens is 6. The highest BCUT2D eigenvalue weighted by Crippen LogP contribution is 2.40. The molecule has 26 heavy (non-hydrogen) atoms. The largest absolute Gasteiger partial charge is 0.441 e. The summed E-state index contributed by atoms with van der Waals surface area (Å²) in [5, 5.41) is 0. The standard InChI is InChI=1S/C16H15F6NO3/c1-4-25-14-12(24)11(13(26-14)23(2)3)8-5-9(15(17,18)19)7-10(6-8)16(20,21)22/h5-7,14H,4H2,1-3H3. The second-order valence-corrected chi connectivity index (χ2v) is 5.64. The van der Waals surface area contributed by atoms with E-state index in [0.717, 1.165) is 0 Å². The number of ether oxygens (including phenoxy) is 2. The third kappa shape index (κ3) is 3.95. The first-order chi connectivity index (χ1) is 11.9. The van der Waals surface area contributed by atoms with E-state index in [4.69, 9.17) is 9.47 Å². The normalized spacial score (nSPS) is 18.3. The number of Topliss-reactive ketones (excluding diaryl/α,β-unsaturated/α-hetero) is 1. The number of alkyl halides is 6. The van der Waals surface area contributed by atoms with Crippen LogP contribution in [0.4, 0.5) is 26.3 Å². The summed E-state index contributed by atoms with van der Waals surface area (Å²) in [6.07, 6.45) is -11.5. The summed E-state index contributed by atoms with van der Waals surface area (Å²) in [6, 6.07) is 0.979. The molecule has 0 saturated heterocycles. The van der Waals surface area contributed by atoms with Crippen LogP contribution in [0.1, 0.15) is 23.6 Å². The van der Waals surface area contributed by atoms with Gasteiger partial charge in [-0.3, -0.25) is 4.79 Å². The third-order valence-electron chi connectivity index (χ3n) is 3.49. The molecule has 144 valence electrons. The van der Waals surface area contributed by atoms with Gasteiger partial charge < -0.3 is 14.4 Å². The smallest absolute Gasteiger partial charge is 0.416 e. The van der Waals surface area contributed by atoms with Gasteiger partial charge in [0.05, 0.1) is 16.7 Å². The van der Waals surface area contributed by atoms with E-state index in [2.05, 4.69) is 0 Å². The van der Waals surface area contributed by atoms with E-state index in [1.165, 1.54) is 19.0 Å². The Morgan fingerprint density at radius 2 is 1.54 bits per heavy atom. The van der Waals surface area contributed by atoms with Gasteiger partial charge >= 0.3 is 12.4 Å². The molecule has 1 heterocycles. The van der Waals surface area contributed by atoms with E-state index >= 15 is 0 Å². The lowest BCUT2D eigenvalue weighted by Crippen LogP contribution is -2.22. The molecule has 0 aliphatic carbocycles. The zero-order valence-electron chi connectivity index (χ0n) is 14.0. The zero-order valence-corrected chi connectivity index (χ0v) is 14.0. The number of rotatable bonds is 4. The fourth-order valence-electron chi connectivity index (χ4n) is 2.39. The maximum absolute atomic E-state index is 13.0. The minimum Gasteiger partial charge on any atom is -0.441 e. The first kappa shape index (κ1) is 20.1. The molecule has 0 fully saturated rings. The monoisotopic (exact) mass is 383 g/mol. The number of ketones is 1. The molecule has 1 atom stereocenters. The summed E-state index contributed by atoms with van der Waals surface area (Å²) in [5.41, 5.74) is -3.96. The minimum atomic E-state index is -5.02. The van der Waals surface area contributed by atoms with E-state index in [0.29, 0.717) is 12.1 Å². The van der Waals surface area contributed by atoms with E-state index in [1.807, 2.05) is 0 Å². The molecular weight excluding hydrogens is 368 g/mol. The van der Waals surface area contributed by atoms with Crippen LogP contribution in [0.5, 0.6) is 0 Å². The summed E-state index contributed by atoms with van der Waals surface area (Å²) in [5.74, 6) is -1.01. The number of carbonyl (C=O) groups is 1. The van der Waals surface area contributed by atoms with Crippen LogP contribution in [0.3, 0.4) is 0 Å². The molecule has 1 aliphatic rings. The van der Waals surface area contributed by atoms with Crippen LogP contribution in [0.2, 0.25) is 0 Å². The molecule has 1 aliphatic heterocycles. The van der Waals surface area contributed by atoms with Gasteiger partial charge in [0.2, 0.25) is 11.7 Å². The first-order valence-electron chi connectivity index (χ1n) is 7.40. The van der Waals surface area contributed by atoms with Crippen LogP contribution in [0, 0.1) is 0 Å². The van der Waals surface area contributed by atoms with Crippen LogP contribution in [-0.4, -0.2) is 37.7 Å². The highest BCUT2D eigenvalue weighted by molar-refractivity contribution is 6.24. The van der Waals surface area contributed by atoms with Crippen molar-refractivity contribution in [2.24, 2.45) is 0 Å². The molecule has 0 bridgehead atoms. The molecule has 0 aromatic heterocycles. The van der Waals surface area contributed by atoms with E-state index < -0.39 is 46.7 Å². The Labute approximate surface area is 145 Å². The highest BCUT2D eigenvalue weighted by Gasteiger charge is 2.41. The molecule has 0 amide bonds. The van der Waals surface area contributed by atoms with Gasteiger partial charge in [-0.05, 0) is 30.7 Å². The summed E-state index contributed by atoms with van der Waals surface area (Å²) >= 11 is 0. The van der Waals surface area contributed by atoms with Crippen molar-refractivity contribution in [3.63, 3.8) is 0 Å². The van der Waals surface area contributed by atoms with Crippen LogP contribution >= 0.6 is 0 Å². The third-order valence-corrected chi connectivity index (χ3v) is 3.49. The molecule has 4 nitrogen and oxygen atoms in total. The van der Waals surface area contributed by atoms with Crippen molar-refractivity contribution in [1.82, 2.24) is 4.90 Å². The first-order valence-corrected chi connectivity index (χ1v) is 7.40. The number of hydrogen-bond donors (Lipinski definition) is 0. The van der Waals surface area contributed by atoms with E-state index in [1.54, 1.807) is 6.92 Å². The molecule has 1 unspecified atom stereocenters. The highest BCUT2D eigenvalue weighted by atomic mass is 19.4. The Morgan fingerprint density at radius 3 is 1.92 bits per heavy atom. The van der Waals surface area contributed by atoms with E-state index in [-0.39, 0.29) is 18.6 Å². The van der Waals surface area contributed by atoms with Gasteiger partial charge in [0, 0.05) is 20.7 Å². The fraction of sp³-hybridized carbons (Fsp3) is 0.438. The number of benzene rings is 1. The number of carbonyl (C=O) groups excluding carboxylic acids is 1. The van der Waals surface area contributed by atoms with Gasteiger partial charge in [0.15, 0.2) is 0 Å². The van der Waals surface area contributed by atoms with Gasteiger partial charge in [-0.2, -0.15) is 26.3 Å². The van der Waals surface area contributed by atoms with Crippen LogP contribution in [0.25, 0.3) is 5.57 Å². The summed E-state index contributed by atoms with van der Waals surface area (Å²) in [7, 11) is 2.88.